The largest absolute Gasteiger partial charge is 0.297 e. The summed E-state index contributed by atoms with van der Waals surface area (Å²) in [5.74, 6) is 0. The molecule has 0 unspecified atom stereocenters. The van der Waals surface area contributed by atoms with Crippen molar-refractivity contribution in [1.29, 1.82) is 0 Å². The molecule has 3 heteroatoms. The van der Waals surface area contributed by atoms with Gasteiger partial charge in [-0.2, -0.15) is 5.10 Å². The average Bonchev–Trinajstić information content (AvgIpc) is 2.71. The van der Waals surface area contributed by atoms with Gasteiger partial charge in [0.2, 0.25) is 0 Å². The number of hydrogen-bond donors (Lipinski definition) is 0. The zero-order valence-corrected chi connectivity index (χ0v) is 8.15. The van der Waals surface area contributed by atoms with Crippen molar-refractivity contribution >= 4 is 6.72 Å². The molecule has 1 heterocycles. The van der Waals surface area contributed by atoms with Crippen molar-refractivity contribution in [2.24, 2.45) is 5.10 Å². The van der Waals surface area contributed by atoms with Gasteiger partial charge in [0.05, 0.1) is 6.72 Å². The Hall–Kier alpha value is -0.570. The van der Waals surface area contributed by atoms with Crippen LogP contribution in [0.2, 0.25) is 0 Å². The molecule has 13 heavy (non-hydrogen) atoms. The van der Waals surface area contributed by atoms with Gasteiger partial charge < -0.3 is 0 Å². The van der Waals surface area contributed by atoms with E-state index in [1.807, 2.05) is 5.01 Å². The SMILES string of the molecule is [CH]=NN1CCN(C2CCCC2)CC1. The fraction of sp³-hybridized carbons (Fsp3) is 0.900. The van der Waals surface area contributed by atoms with E-state index in [0.29, 0.717) is 0 Å². The molecule has 0 atom stereocenters. The summed E-state index contributed by atoms with van der Waals surface area (Å²) in [6.07, 6.45) is 5.65. The van der Waals surface area contributed by atoms with Gasteiger partial charge in [0, 0.05) is 32.2 Å². The maximum atomic E-state index is 5.23. The number of hydrogen-bond acceptors (Lipinski definition) is 3. The van der Waals surface area contributed by atoms with Gasteiger partial charge in [-0.1, -0.05) is 12.8 Å². The number of hydrazone groups is 1. The van der Waals surface area contributed by atoms with E-state index in [9.17, 15) is 0 Å². The van der Waals surface area contributed by atoms with Gasteiger partial charge in [0.25, 0.3) is 0 Å². The van der Waals surface area contributed by atoms with Gasteiger partial charge in [-0.3, -0.25) is 9.91 Å². The van der Waals surface area contributed by atoms with Gasteiger partial charge in [-0.05, 0) is 12.8 Å². The monoisotopic (exact) mass is 180 g/mol. The number of piperazine rings is 1. The molecule has 0 aromatic rings. The Morgan fingerprint density at radius 2 is 1.62 bits per heavy atom. The predicted molar refractivity (Wildman–Crippen MR) is 53.9 cm³/mol. The molecular weight excluding hydrogens is 162 g/mol. The van der Waals surface area contributed by atoms with Crippen molar-refractivity contribution in [3.8, 4) is 0 Å². The van der Waals surface area contributed by atoms with Crippen molar-refractivity contribution in [3.05, 3.63) is 0 Å². The third-order valence-electron chi connectivity index (χ3n) is 3.30. The summed E-state index contributed by atoms with van der Waals surface area (Å²) in [7, 11) is 0. The molecule has 2 aliphatic rings. The van der Waals surface area contributed by atoms with E-state index < -0.39 is 0 Å². The maximum Gasteiger partial charge on any atom is 0.0671 e. The van der Waals surface area contributed by atoms with Crippen molar-refractivity contribution in [2.45, 2.75) is 31.7 Å². The van der Waals surface area contributed by atoms with Gasteiger partial charge in [0.1, 0.15) is 0 Å². The Morgan fingerprint density at radius 1 is 1.00 bits per heavy atom. The molecule has 0 bridgehead atoms. The van der Waals surface area contributed by atoms with Gasteiger partial charge in [0.15, 0.2) is 0 Å². The van der Waals surface area contributed by atoms with Gasteiger partial charge >= 0.3 is 0 Å². The Labute approximate surface area is 80.4 Å². The van der Waals surface area contributed by atoms with E-state index in [1.54, 1.807) is 0 Å². The minimum atomic E-state index is 0.861. The highest BCUT2D eigenvalue weighted by Gasteiger charge is 2.25. The van der Waals surface area contributed by atoms with Crippen molar-refractivity contribution < 1.29 is 0 Å². The fourth-order valence-corrected chi connectivity index (χ4v) is 2.46. The minimum absolute atomic E-state index is 0.861. The summed E-state index contributed by atoms with van der Waals surface area (Å²) < 4.78 is 0. The molecular formula is C10H18N3. The molecule has 1 saturated carbocycles. The Balaban J connectivity index is 1.79. The summed E-state index contributed by atoms with van der Waals surface area (Å²) in [6, 6.07) is 0.861. The van der Waals surface area contributed by atoms with Crippen LogP contribution in [0.25, 0.3) is 0 Å². The lowest BCUT2D eigenvalue weighted by atomic mass is 10.2. The lowest BCUT2D eigenvalue weighted by Gasteiger charge is -2.36. The van der Waals surface area contributed by atoms with Gasteiger partial charge in [-0.25, -0.2) is 0 Å². The summed E-state index contributed by atoms with van der Waals surface area (Å²) in [5, 5.41) is 5.68. The van der Waals surface area contributed by atoms with Crippen LogP contribution in [-0.2, 0) is 0 Å². The molecule has 3 nitrogen and oxygen atoms in total. The average molecular weight is 180 g/mol. The first-order valence-corrected chi connectivity index (χ1v) is 5.30. The molecule has 0 amide bonds. The molecule has 1 radical (unpaired) electrons. The van der Waals surface area contributed by atoms with Crippen molar-refractivity contribution in [2.75, 3.05) is 26.2 Å². The minimum Gasteiger partial charge on any atom is -0.297 e. The van der Waals surface area contributed by atoms with Crippen LogP contribution < -0.4 is 0 Å². The second kappa shape index (κ2) is 4.09. The molecule has 0 aromatic carbocycles. The molecule has 2 rings (SSSR count). The zero-order chi connectivity index (χ0) is 9.10. The topological polar surface area (TPSA) is 18.8 Å². The first kappa shape index (κ1) is 9.00. The Bertz CT molecular complexity index is 167. The number of nitrogens with zero attached hydrogens (tertiary/aromatic N) is 3. The Morgan fingerprint density at radius 3 is 2.15 bits per heavy atom. The molecule has 73 valence electrons. The molecule has 0 spiro atoms. The summed E-state index contributed by atoms with van der Waals surface area (Å²) >= 11 is 0. The van der Waals surface area contributed by atoms with Crippen LogP contribution in [0, 0.1) is 0 Å². The third-order valence-corrected chi connectivity index (χ3v) is 3.30. The van der Waals surface area contributed by atoms with Crippen LogP contribution in [0.5, 0.6) is 0 Å². The summed E-state index contributed by atoms with van der Waals surface area (Å²) in [6.45, 7) is 9.54. The van der Waals surface area contributed by atoms with E-state index in [-0.39, 0.29) is 0 Å². The van der Waals surface area contributed by atoms with E-state index >= 15 is 0 Å². The quantitative estimate of drug-likeness (QED) is 0.591. The van der Waals surface area contributed by atoms with Gasteiger partial charge in [-0.15, -0.1) is 0 Å². The van der Waals surface area contributed by atoms with E-state index in [4.69, 9.17) is 6.72 Å². The molecule has 1 saturated heterocycles. The Kier molecular flexibility index (Phi) is 2.83. The number of rotatable bonds is 2. The fourth-order valence-electron chi connectivity index (χ4n) is 2.46. The van der Waals surface area contributed by atoms with Crippen LogP contribution in [0.3, 0.4) is 0 Å². The predicted octanol–water partition coefficient (Wildman–Crippen LogP) is 1.04. The van der Waals surface area contributed by atoms with Crippen LogP contribution in [0.4, 0.5) is 0 Å². The van der Waals surface area contributed by atoms with E-state index in [2.05, 4.69) is 10.0 Å². The smallest absolute Gasteiger partial charge is 0.0671 e. The summed E-state index contributed by atoms with van der Waals surface area (Å²) in [5.41, 5.74) is 0. The highest BCUT2D eigenvalue weighted by Crippen LogP contribution is 2.24. The second-order valence-corrected chi connectivity index (χ2v) is 4.04. The van der Waals surface area contributed by atoms with Crippen molar-refractivity contribution in [3.63, 3.8) is 0 Å². The molecule has 0 aromatic heterocycles. The van der Waals surface area contributed by atoms with Crippen LogP contribution in [-0.4, -0.2) is 48.8 Å². The maximum absolute atomic E-state index is 5.23. The lowest BCUT2D eigenvalue weighted by molar-refractivity contribution is 0.101. The zero-order valence-electron chi connectivity index (χ0n) is 8.15. The summed E-state index contributed by atoms with van der Waals surface area (Å²) in [4.78, 5) is 2.61. The van der Waals surface area contributed by atoms with Crippen LogP contribution >= 0.6 is 0 Å². The van der Waals surface area contributed by atoms with E-state index in [0.717, 1.165) is 32.2 Å². The van der Waals surface area contributed by atoms with Crippen LogP contribution in [0.1, 0.15) is 25.7 Å². The molecule has 1 aliphatic heterocycles. The normalized spacial score (nSPS) is 26.6. The molecule has 0 N–H and O–H groups in total. The highest BCUT2D eigenvalue weighted by molar-refractivity contribution is 5.22. The second-order valence-electron chi connectivity index (χ2n) is 4.04. The standard InChI is InChI=1S/C10H18N3/c1-11-13-8-6-12(7-9-13)10-4-2-3-5-10/h1,10H,2-9H2. The first-order chi connectivity index (χ1) is 6.40. The highest BCUT2D eigenvalue weighted by atomic mass is 15.5. The third kappa shape index (κ3) is 2.02. The molecule has 2 fully saturated rings. The van der Waals surface area contributed by atoms with Crippen LogP contribution in [0.15, 0.2) is 5.10 Å². The van der Waals surface area contributed by atoms with E-state index in [1.165, 1.54) is 25.7 Å². The lowest BCUT2D eigenvalue weighted by Crippen LogP contribution is -2.47. The molecule has 1 aliphatic carbocycles. The van der Waals surface area contributed by atoms with Crippen molar-refractivity contribution in [1.82, 2.24) is 9.91 Å². The first-order valence-electron chi connectivity index (χ1n) is 5.30.